The van der Waals surface area contributed by atoms with Crippen molar-refractivity contribution in [1.29, 1.82) is 0 Å². The highest BCUT2D eigenvalue weighted by Crippen LogP contribution is 2.09. The van der Waals surface area contributed by atoms with Crippen LogP contribution in [0.5, 0.6) is 0 Å². The maximum Gasteiger partial charge on any atom is 0.189 e. The molecule has 0 saturated carbocycles. The normalized spacial score (nSPS) is 11.3. The Kier molecular flexibility index (Phi) is 0.840. The number of imidazole rings is 1. The van der Waals surface area contributed by atoms with E-state index < -0.39 is 0 Å². The lowest BCUT2D eigenvalue weighted by atomic mass is 10.5. The molecule has 0 amide bonds. The van der Waals surface area contributed by atoms with Gasteiger partial charge in [-0.2, -0.15) is 0 Å². The predicted molar refractivity (Wildman–Crippen MR) is 40.4 cm³/mol. The van der Waals surface area contributed by atoms with Crippen LogP contribution in [0.15, 0.2) is 19.0 Å². The molecule has 0 fully saturated rings. The van der Waals surface area contributed by atoms with Gasteiger partial charge in [-0.25, -0.2) is 9.97 Å². The molecule has 1 N–H and O–H groups in total. The quantitative estimate of drug-likeness (QED) is 0.502. The number of aromatic nitrogens is 6. The minimum absolute atomic E-state index is 0.663. The molecule has 0 aliphatic rings. The van der Waals surface area contributed by atoms with Crippen LogP contribution < -0.4 is 0 Å². The smallest absolute Gasteiger partial charge is 0.189 e. The summed E-state index contributed by atoms with van der Waals surface area (Å²) in [5, 5.41) is 7.68. The summed E-state index contributed by atoms with van der Waals surface area (Å²) in [6, 6.07) is 0. The SMILES string of the molecule is c1nc2ncn3cnnc3c2[nH]1. The first-order valence-corrected chi connectivity index (χ1v) is 3.42. The average Bonchev–Trinajstić information content (AvgIpc) is 2.71. The monoisotopic (exact) mass is 160 g/mol. The van der Waals surface area contributed by atoms with Gasteiger partial charge in [-0.1, -0.05) is 0 Å². The predicted octanol–water partition coefficient (Wildman–Crippen LogP) is 0.000600. The molecule has 58 valence electrons. The second-order valence-corrected chi connectivity index (χ2v) is 2.41. The Hall–Kier alpha value is -1.98. The van der Waals surface area contributed by atoms with Crippen molar-refractivity contribution in [3.63, 3.8) is 0 Å². The van der Waals surface area contributed by atoms with Crippen LogP contribution >= 0.6 is 0 Å². The van der Waals surface area contributed by atoms with Crippen molar-refractivity contribution in [2.45, 2.75) is 0 Å². The number of hydrogen-bond donors (Lipinski definition) is 1. The van der Waals surface area contributed by atoms with E-state index in [9.17, 15) is 0 Å². The minimum atomic E-state index is 0.663. The third kappa shape index (κ3) is 0.541. The molecule has 3 aromatic rings. The lowest BCUT2D eigenvalue weighted by molar-refractivity contribution is 1.08. The molecule has 3 aromatic heterocycles. The Morgan fingerprint density at radius 3 is 3.25 bits per heavy atom. The van der Waals surface area contributed by atoms with Gasteiger partial charge in [0.1, 0.15) is 18.2 Å². The van der Waals surface area contributed by atoms with E-state index in [0.717, 1.165) is 11.2 Å². The Balaban J connectivity index is 2.71. The number of aromatic amines is 1. The summed E-state index contributed by atoms with van der Waals surface area (Å²) in [6.07, 6.45) is 4.83. The maximum absolute atomic E-state index is 4.08. The number of rotatable bonds is 0. The van der Waals surface area contributed by atoms with E-state index in [0.29, 0.717) is 5.65 Å². The number of nitrogens with one attached hydrogen (secondary N) is 1. The third-order valence-electron chi connectivity index (χ3n) is 1.72. The minimum Gasteiger partial charge on any atom is -0.340 e. The molecule has 3 rings (SSSR count). The molecule has 0 radical (unpaired) electrons. The van der Waals surface area contributed by atoms with Crippen LogP contribution in [0, 0.1) is 0 Å². The Morgan fingerprint density at radius 2 is 2.25 bits per heavy atom. The van der Waals surface area contributed by atoms with Crippen molar-refractivity contribution in [2.75, 3.05) is 0 Å². The summed E-state index contributed by atoms with van der Waals surface area (Å²) >= 11 is 0. The highest BCUT2D eigenvalue weighted by Gasteiger charge is 2.03. The molecule has 0 aliphatic carbocycles. The number of nitrogens with zero attached hydrogens (tertiary/aromatic N) is 5. The van der Waals surface area contributed by atoms with Gasteiger partial charge in [-0.05, 0) is 0 Å². The summed E-state index contributed by atoms with van der Waals surface area (Å²) in [5.74, 6) is 0. The van der Waals surface area contributed by atoms with Crippen molar-refractivity contribution in [1.82, 2.24) is 29.5 Å². The lowest BCUT2D eigenvalue weighted by Crippen LogP contribution is -1.87. The molecular formula is C6H4N6. The van der Waals surface area contributed by atoms with Crippen LogP contribution in [-0.2, 0) is 0 Å². The number of H-pyrrole nitrogens is 1. The molecule has 6 heteroatoms. The molecule has 6 nitrogen and oxygen atoms in total. The zero-order chi connectivity index (χ0) is 7.97. The molecule has 0 spiro atoms. The van der Waals surface area contributed by atoms with E-state index in [1.54, 1.807) is 23.4 Å². The van der Waals surface area contributed by atoms with E-state index in [1.165, 1.54) is 0 Å². The van der Waals surface area contributed by atoms with Crippen LogP contribution in [0.25, 0.3) is 16.8 Å². The van der Waals surface area contributed by atoms with E-state index >= 15 is 0 Å². The third-order valence-corrected chi connectivity index (χ3v) is 1.72. The van der Waals surface area contributed by atoms with Crippen LogP contribution in [0.2, 0.25) is 0 Å². The first kappa shape index (κ1) is 5.64. The fraction of sp³-hybridized carbons (Fsp3) is 0. The molecule has 0 unspecified atom stereocenters. The van der Waals surface area contributed by atoms with Gasteiger partial charge in [-0.15, -0.1) is 10.2 Å². The first-order valence-electron chi connectivity index (χ1n) is 3.42. The zero-order valence-electron chi connectivity index (χ0n) is 5.97. The fourth-order valence-corrected chi connectivity index (χ4v) is 1.17. The van der Waals surface area contributed by atoms with E-state index in [4.69, 9.17) is 0 Å². The van der Waals surface area contributed by atoms with Gasteiger partial charge in [0.25, 0.3) is 0 Å². The molecule has 0 aromatic carbocycles. The van der Waals surface area contributed by atoms with Gasteiger partial charge in [-0.3, -0.25) is 4.40 Å². The van der Waals surface area contributed by atoms with E-state index in [-0.39, 0.29) is 0 Å². The molecule has 0 atom stereocenters. The molecule has 3 heterocycles. The van der Waals surface area contributed by atoms with Gasteiger partial charge in [0.2, 0.25) is 0 Å². The van der Waals surface area contributed by atoms with Crippen molar-refractivity contribution in [2.24, 2.45) is 0 Å². The van der Waals surface area contributed by atoms with Crippen molar-refractivity contribution in [3.8, 4) is 0 Å². The number of fused-ring (bicyclic) bond motifs is 3. The highest BCUT2D eigenvalue weighted by molar-refractivity contribution is 5.84. The summed E-state index contributed by atoms with van der Waals surface area (Å²) < 4.78 is 1.74. The first-order chi connectivity index (χ1) is 5.95. The summed E-state index contributed by atoms with van der Waals surface area (Å²) in [4.78, 5) is 11.0. The molecule has 0 saturated heterocycles. The van der Waals surface area contributed by atoms with E-state index in [2.05, 4.69) is 25.1 Å². The zero-order valence-corrected chi connectivity index (χ0v) is 5.97. The van der Waals surface area contributed by atoms with Crippen molar-refractivity contribution < 1.29 is 0 Å². The number of hydrogen-bond acceptors (Lipinski definition) is 4. The van der Waals surface area contributed by atoms with Gasteiger partial charge < -0.3 is 4.98 Å². The molecule has 0 bridgehead atoms. The van der Waals surface area contributed by atoms with Crippen molar-refractivity contribution >= 4 is 16.8 Å². The summed E-state index contributed by atoms with van der Waals surface area (Å²) in [7, 11) is 0. The van der Waals surface area contributed by atoms with Crippen molar-refractivity contribution in [3.05, 3.63) is 19.0 Å². The maximum atomic E-state index is 4.08. The Bertz CT molecular complexity index is 485. The van der Waals surface area contributed by atoms with Crippen LogP contribution in [-0.4, -0.2) is 29.5 Å². The van der Waals surface area contributed by atoms with Crippen LogP contribution in [0.4, 0.5) is 0 Å². The second-order valence-electron chi connectivity index (χ2n) is 2.41. The second kappa shape index (κ2) is 1.79. The van der Waals surface area contributed by atoms with Gasteiger partial charge in [0.15, 0.2) is 11.3 Å². The average molecular weight is 160 g/mol. The van der Waals surface area contributed by atoms with Gasteiger partial charge in [0, 0.05) is 0 Å². The fourth-order valence-electron chi connectivity index (χ4n) is 1.17. The highest BCUT2D eigenvalue weighted by atomic mass is 15.2. The molecule has 12 heavy (non-hydrogen) atoms. The largest absolute Gasteiger partial charge is 0.340 e. The lowest BCUT2D eigenvalue weighted by Gasteiger charge is -1.89. The molecular weight excluding hydrogens is 156 g/mol. The summed E-state index contributed by atoms with van der Waals surface area (Å²) in [6.45, 7) is 0. The van der Waals surface area contributed by atoms with Crippen LogP contribution in [0.1, 0.15) is 0 Å². The van der Waals surface area contributed by atoms with Crippen LogP contribution in [0.3, 0.4) is 0 Å². The molecule has 0 aliphatic heterocycles. The topological polar surface area (TPSA) is 71.8 Å². The Morgan fingerprint density at radius 1 is 1.25 bits per heavy atom. The standard InChI is InChI=1S/C6H4N6/c1-7-4-5(8-1)9-2-12-3-10-11-6(4)12/h1-3H,(H,7,8). The van der Waals surface area contributed by atoms with Gasteiger partial charge >= 0.3 is 0 Å². The van der Waals surface area contributed by atoms with E-state index in [1.807, 2.05) is 0 Å². The van der Waals surface area contributed by atoms with Gasteiger partial charge in [0.05, 0.1) is 6.33 Å². The summed E-state index contributed by atoms with van der Waals surface area (Å²) in [5.41, 5.74) is 2.23. The Labute approximate surface area is 66.3 Å².